The molecule has 0 aliphatic carbocycles. The fourth-order valence-electron chi connectivity index (χ4n) is 2.34. The van der Waals surface area contributed by atoms with Crippen molar-refractivity contribution in [2.75, 3.05) is 7.11 Å². The van der Waals surface area contributed by atoms with Crippen LogP contribution in [0.4, 0.5) is 0 Å². The van der Waals surface area contributed by atoms with Crippen molar-refractivity contribution in [3.05, 3.63) is 66.5 Å². The van der Waals surface area contributed by atoms with Gasteiger partial charge in [0, 0.05) is 5.69 Å². The minimum absolute atomic E-state index is 0.263. The molecule has 0 saturated heterocycles. The lowest BCUT2D eigenvalue weighted by molar-refractivity contribution is -0.139. The summed E-state index contributed by atoms with van der Waals surface area (Å²) in [6.45, 7) is 2.04. The highest BCUT2D eigenvalue weighted by molar-refractivity contribution is 8.00. The fraction of sp³-hybridized carbons (Fsp3) is 0.211. The summed E-state index contributed by atoms with van der Waals surface area (Å²) in [7, 11) is 1.38. The number of carbonyl (C=O) groups is 1. The topological polar surface area (TPSA) is 66.2 Å². The zero-order valence-corrected chi connectivity index (χ0v) is 15.3. The average Bonchev–Trinajstić information content (AvgIpc) is 3.09. The third-order valence-electron chi connectivity index (χ3n) is 3.64. The van der Waals surface area contributed by atoms with Crippen LogP contribution in [0.3, 0.4) is 0 Å². The summed E-state index contributed by atoms with van der Waals surface area (Å²) in [6, 6.07) is 19.3. The van der Waals surface area contributed by atoms with E-state index in [-0.39, 0.29) is 12.6 Å². The van der Waals surface area contributed by atoms with Crippen LogP contribution in [-0.2, 0) is 16.1 Å². The SMILES string of the molecule is COC(=O)C(C)Sc1nnc(COc2ccccc2)n1-c1ccccc1. The van der Waals surface area contributed by atoms with Crippen LogP contribution in [0.25, 0.3) is 5.69 Å². The number of aromatic nitrogens is 3. The molecule has 0 spiro atoms. The van der Waals surface area contributed by atoms with E-state index in [0.29, 0.717) is 11.0 Å². The van der Waals surface area contributed by atoms with Crippen molar-refractivity contribution in [2.45, 2.75) is 23.9 Å². The van der Waals surface area contributed by atoms with E-state index in [9.17, 15) is 4.79 Å². The first kappa shape index (κ1) is 18.0. The molecule has 0 aliphatic rings. The Balaban J connectivity index is 1.88. The molecule has 1 unspecified atom stereocenters. The zero-order valence-electron chi connectivity index (χ0n) is 14.5. The highest BCUT2D eigenvalue weighted by Gasteiger charge is 2.21. The van der Waals surface area contributed by atoms with Crippen molar-refractivity contribution in [2.24, 2.45) is 0 Å². The second-order valence-electron chi connectivity index (χ2n) is 5.45. The van der Waals surface area contributed by atoms with Crippen LogP contribution in [0, 0.1) is 0 Å². The lowest BCUT2D eigenvalue weighted by atomic mass is 10.3. The quantitative estimate of drug-likeness (QED) is 0.469. The number of rotatable bonds is 7. The van der Waals surface area contributed by atoms with Gasteiger partial charge >= 0.3 is 5.97 Å². The molecule has 0 fully saturated rings. The van der Waals surface area contributed by atoms with E-state index in [0.717, 1.165) is 11.4 Å². The van der Waals surface area contributed by atoms with Crippen molar-refractivity contribution in [1.82, 2.24) is 14.8 Å². The third kappa shape index (κ3) is 4.23. The maximum atomic E-state index is 11.8. The predicted molar refractivity (Wildman–Crippen MR) is 99.5 cm³/mol. The number of nitrogens with zero attached hydrogens (tertiary/aromatic N) is 3. The smallest absolute Gasteiger partial charge is 0.318 e. The highest BCUT2D eigenvalue weighted by atomic mass is 32.2. The summed E-state index contributed by atoms with van der Waals surface area (Å²) < 4.78 is 12.5. The maximum absolute atomic E-state index is 11.8. The summed E-state index contributed by atoms with van der Waals surface area (Å²) in [5, 5.41) is 8.73. The van der Waals surface area contributed by atoms with Gasteiger partial charge in [-0.1, -0.05) is 48.2 Å². The molecule has 0 saturated carbocycles. The van der Waals surface area contributed by atoms with Gasteiger partial charge in [0.1, 0.15) is 17.6 Å². The second kappa shape index (κ2) is 8.53. The minimum Gasteiger partial charge on any atom is -0.486 e. The second-order valence-corrected chi connectivity index (χ2v) is 6.76. The van der Waals surface area contributed by atoms with E-state index in [1.165, 1.54) is 18.9 Å². The van der Waals surface area contributed by atoms with Gasteiger partial charge in [-0.25, -0.2) is 0 Å². The number of para-hydroxylation sites is 2. The Hall–Kier alpha value is -2.80. The molecule has 6 nitrogen and oxygen atoms in total. The Bertz CT molecular complexity index is 853. The van der Waals surface area contributed by atoms with E-state index >= 15 is 0 Å². The van der Waals surface area contributed by atoms with E-state index in [2.05, 4.69) is 10.2 Å². The van der Waals surface area contributed by atoms with Crippen LogP contribution in [0.1, 0.15) is 12.7 Å². The lowest BCUT2D eigenvalue weighted by Crippen LogP contribution is -2.16. The van der Waals surface area contributed by atoms with Gasteiger partial charge in [-0.3, -0.25) is 9.36 Å². The molecule has 0 aliphatic heterocycles. The van der Waals surface area contributed by atoms with Crippen LogP contribution >= 0.6 is 11.8 Å². The molecular formula is C19H19N3O3S. The Morgan fingerprint density at radius 1 is 1.08 bits per heavy atom. The molecule has 134 valence electrons. The number of thioether (sulfide) groups is 1. The average molecular weight is 369 g/mol. The Morgan fingerprint density at radius 2 is 1.73 bits per heavy atom. The molecule has 1 heterocycles. The van der Waals surface area contributed by atoms with Crippen molar-refractivity contribution in [3.63, 3.8) is 0 Å². The van der Waals surface area contributed by atoms with Crippen LogP contribution in [0.15, 0.2) is 65.8 Å². The van der Waals surface area contributed by atoms with E-state index < -0.39 is 5.25 Å². The zero-order chi connectivity index (χ0) is 18.4. The fourth-order valence-corrected chi connectivity index (χ4v) is 3.26. The van der Waals surface area contributed by atoms with Gasteiger partial charge in [0.05, 0.1) is 7.11 Å². The number of hydrogen-bond donors (Lipinski definition) is 0. The summed E-state index contributed by atoms with van der Waals surface area (Å²) >= 11 is 1.30. The van der Waals surface area contributed by atoms with Gasteiger partial charge in [-0.2, -0.15) is 0 Å². The first-order valence-electron chi connectivity index (χ1n) is 8.11. The summed E-state index contributed by atoms with van der Waals surface area (Å²) in [5.41, 5.74) is 0.906. The van der Waals surface area contributed by atoms with Crippen molar-refractivity contribution < 1.29 is 14.3 Å². The number of benzene rings is 2. The minimum atomic E-state index is -0.394. The van der Waals surface area contributed by atoms with Gasteiger partial charge in [-0.05, 0) is 31.2 Å². The molecule has 0 N–H and O–H groups in total. The van der Waals surface area contributed by atoms with Crippen molar-refractivity contribution in [1.29, 1.82) is 0 Å². The van der Waals surface area contributed by atoms with Gasteiger partial charge in [0.15, 0.2) is 11.0 Å². The normalized spacial score (nSPS) is 11.8. The van der Waals surface area contributed by atoms with Crippen LogP contribution in [0.2, 0.25) is 0 Å². The largest absolute Gasteiger partial charge is 0.486 e. The van der Waals surface area contributed by atoms with Gasteiger partial charge in [0.25, 0.3) is 0 Å². The molecular weight excluding hydrogens is 350 g/mol. The number of methoxy groups -OCH3 is 1. The van der Waals surface area contributed by atoms with Gasteiger partial charge < -0.3 is 9.47 Å². The molecule has 7 heteroatoms. The Kier molecular flexibility index (Phi) is 5.91. The van der Waals surface area contributed by atoms with Crippen molar-refractivity contribution in [3.8, 4) is 11.4 Å². The summed E-state index contributed by atoms with van der Waals surface area (Å²) in [6.07, 6.45) is 0. The van der Waals surface area contributed by atoms with Gasteiger partial charge in [0.2, 0.25) is 0 Å². The molecule has 0 bridgehead atoms. The molecule has 2 aromatic carbocycles. The van der Waals surface area contributed by atoms with Crippen LogP contribution in [0.5, 0.6) is 5.75 Å². The van der Waals surface area contributed by atoms with Gasteiger partial charge in [-0.15, -0.1) is 10.2 Å². The Morgan fingerprint density at radius 3 is 2.38 bits per heavy atom. The monoisotopic (exact) mass is 369 g/mol. The third-order valence-corrected chi connectivity index (χ3v) is 4.66. The number of ether oxygens (including phenoxy) is 2. The van der Waals surface area contributed by atoms with E-state index in [1.807, 2.05) is 65.2 Å². The standard InChI is InChI=1S/C19H19N3O3S/c1-14(18(23)24-2)26-19-21-20-17(13-25-16-11-7-4-8-12-16)22(19)15-9-5-3-6-10-15/h3-12,14H,13H2,1-2H3. The molecule has 1 aromatic heterocycles. The van der Waals surface area contributed by atoms with Crippen molar-refractivity contribution >= 4 is 17.7 Å². The molecule has 1 atom stereocenters. The highest BCUT2D eigenvalue weighted by Crippen LogP contribution is 2.26. The lowest BCUT2D eigenvalue weighted by Gasteiger charge is -2.13. The Labute approximate surface area is 156 Å². The number of carbonyl (C=O) groups excluding carboxylic acids is 1. The van der Waals surface area contributed by atoms with E-state index in [4.69, 9.17) is 9.47 Å². The summed E-state index contributed by atoms with van der Waals surface area (Å²) in [4.78, 5) is 11.8. The summed E-state index contributed by atoms with van der Waals surface area (Å²) in [5.74, 6) is 1.10. The van der Waals surface area contributed by atoms with Crippen LogP contribution in [-0.4, -0.2) is 33.1 Å². The predicted octanol–water partition coefficient (Wildman–Crippen LogP) is 3.50. The molecule has 3 aromatic rings. The van der Waals surface area contributed by atoms with Crippen LogP contribution < -0.4 is 4.74 Å². The molecule has 0 radical (unpaired) electrons. The number of esters is 1. The first-order valence-corrected chi connectivity index (χ1v) is 8.99. The molecule has 3 rings (SSSR count). The number of hydrogen-bond acceptors (Lipinski definition) is 6. The first-order chi connectivity index (χ1) is 12.7. The molecule has 0 amide bonds. The molecule has 26 heavy (non-hydrogen) atoms. The maximum Gasteiger partial charge on any atom is 0.318 e. The van der Waals surface area contributed by atoms with E-state index in [1.54, 1.807) is 6.92 Å².